The van der Waals surface area contributed by atoms with Gasteiger partial charge in [-0.05, 0) is 52.5 Å². The van der Waals surface area contributed by atoms with Crippen LogP contribution in [-0.4, -0.2) is 62.7 Å². The lowest BCUT2D eigenvalue weighted by Crippen LogP contribution is -2.44. The second-order valence-electron chi connectivity index (χ2n) is 6.97. The summed E-state index contributed by atoms with van der Waals surface area (Å²) >= 11 is 0. The van der Waals surface area contributed by atoms with Gasteiger partial charge in [-0.25, -0.2) is 0 Å². The predicted octanol–water partition coefficient (Wildman–Crippen LogP) is 2.85. The molecule has 0 aromatic carbocycles. The number of rotatable bonds is 8. The molecule has 1 aliphatic carbocycles. The van der Waals surface area contributed by atoms with Crippen LogP contribution in [-0.2, 0) is 14.2 Å². The minimum Gasteiger partial charge on any atom is -0.375 e. The van der Waals surface area contributed by atoms with E-state index in [0.29, 0.717) is 31.0 Å². The van der Waals surface area contributed by atoms with Gasteiger partial charge in [0.25, 0.3) is 0 Å². The third kappa shape index (κ3) is 7.22. The summed E-state index contributed by atoms with van der Waals surface area (Å²) in [5, 5.41) is 0. The van der Waals surface area contributed by atoms with Gasteiger partial charge in [0.1, 0.15) is 6.61 Å². The van der Waals surface area contributed by atoms with Crippen molar-refractivity contribution < 1.29 is 14.2 Å². The van der Waals surface area contributed by atoms with E-state index in [0.717, 1.165) is 45.3 Å². The highest BCUT2D eigenvalue weighted by Gasteiger charge is 2.33. The smallest absolute Gasteiger partial charge is 0.107 e. The zero-order chi connectivity index (χ0) is 16.5. The van der Waals surface area contributed by atoms with Crippen LogP contribution in [0.4, 0.5) is 0 Å². The molecule has 4 nitrogen and oxygen atoms in total. The maximum Gasteiger partial charge on any atom is 0.107 e. The largest absolute Gasteiger partial charge is 0.375 e. The highest BCUT2D eigenvalue weighted by Crippen LogP contribution is 2.30. The van der Waals surface area contributed by atoms with E-state index in [1.807, 2.05) is 0 Å². The lowest BCUT2D eigenvalue weighted by molar-refractivity contribution is -0.145. The molecule has 0 aromatic heterocycles. The van der Waals surface area contributed by atoms with Gasteiger partial charge in [0.15, 0.2) is 0 Å². The summed E-state index contributed by atoms with van der Waals surface area (Å²) in [5.74, 6) is 6.16. The highest BCUT2D eigenvalue weighted by molar-refractivity contribution is 4.98. The Hall–Kier alpha value is -0.600. The predicted molar refractivity (Wildman–Crippen MR) is 92.5 cm³/mol. The summed E-state index contributed by atoms with van der Waals surface area (Å²) in [6.45, 7) is 8.23. The molecule has 0 aromatic rings. The van der Waals surface area contributed by atoms with Gasteiger partial charge in [-0.3, -0.25) is 0 Å². The molecule has 2 fully saturated rings. The van der Waals surface area contributed by atoms with Crippen molar-refractivity contribution in [3.63, 3.8) is 0 Å². The van der Waals surface area contributed by atoms with Crippen molar-refractivity contribution in [2.24, 2.45) is 0 Å². The molecule has 0 amide bonds. The molecule has 132 valence electrons. The quantitative estimate of drug-likeness (QED) is 0.508. The average molecular weight is 323 g/mol. The van der Waals surface area contributed by atoms with Gasteiger partial charge >= 0.3 is 0 Å². The third-order valence-electron chi connectivity index (χ3n) is 4.55. The Kier molecular flexibility index (Phi) is 8.39. The van der Waals surface area contributed by atoms with Gasteiger partial charge in [0, 0.05) is 26.6 Å². The third-order valence-corrected chi connectivity index (χ3v) is 4.55. The van der Waals surface area contributed by atoms with Gasteiger partial charge in [-0.2, -0.15) is 0 Å². The average Bonchev–Trinajstić information content (AvgIpc) is 2.49. The molecule has 0 radical (unpaired) electrons. The molecule has 1 heterocycles. The molecule has 1 aliphatic heterocycles. The van der Waals surface area contributed by atoms with Crippen LogP contribution in [0.1, 0.15) is 52.4 Å². The first-order chi connectivity index (χ1) is 11.2. The standard InChI is InChI=1S/C19H33NO3/c1-16(2)22-18-14-19(15-18)23-17-8-11-20(12-9-17)10-6-4-5-7-13-21-3/h16-19H,4,6,8-15H2,1-3H3. The first-order valence-electron chi connectivity index (χ1n) is 9.15. The Morgan fingerprint density at radius 2 is 1.78 bits per heavy atom. The topological polar surface area (TPSA) is 30.9 Å². The van der Waals surface area contributed by atoms with Crippen LogP contribution in [0.25, 0.3) is 0 Å². The van der Waals surface area contributed by atoms with Crippen LogP contribution >= 0.6 is 0 Å². The minimum atomic E-state index is 0.336. The number of ether oxygens (including phenoxy) is 3. The maximum atomic E-state index is 6.21. The molecule has 0 atom stereocenters. The van der Waals surface area contributed by atoms with Crippen LogP contribution in [0.2, 0.25) is 0 Å². The van der Waals surface area contributed by atoms with Crippen LogP contribution in [0.5, 0.6) is 0 Å². The molecule has 0 unspecified atom stereocenters. The number of nitrogens with zero attached hydrogens (tertiary/aromatic N) is 1. The summed E-state index contributed by atoms with van der Waals surface area (Å²) in [6, 6.07) is 0. The Morgan fingerprint density at radius 1 is 1.04 bits per heavy atom. The van der Waals surface area contributed by atoms with Crippen molar-refractivity contribution in [3.05, 3.63) is 0 Å². The second-order valence-corrected chi connectivity index (χ2v) is 6.97. The zero-order valence-corrected chi connectivity index (χ0v) is 15.1. The van der Waals surface area contributed by atoms with Crippen molar-refractivity contribution in [1.82, 2.24) is 4.90 Å². The molecular weight excluding hydrogens is 290 g/mol. The first kappa shape index (κ1) is 18.7. The molecule has 0 N–H and O–H groups in total. The van der Waals surface area contributed by atoms with E-state index >= 15 is 0 Å². The Labute approximate surface area is 141 Å². The minimum absolute atomic E-state index is 0.336. The number of unbranched alkanes of at least 4 members (excludes halogenated alkanes) is 1. The van der Waals surface area contributed by atoms with Gasteiger partial charge in [-0.1, -0.05) is 5.92 Å². The van der Waals surface area contributed by atoms with Gasteiger partial charge in [-0.15, -0.1) is 5.92 Å². The van der Waals surface area contributed by atoms with Crippen molar-refractivity contribution in [3.8, 4) is 11.8 Å². The monoisotopic (exact) mass is 323 g/mol. The SMILES string of the molecule is COCC#CCCCN1CCC(OC2CC(OC(C)C)C2)CC1. The van der Waals surface area contributed by atoms with E-state index in [9.17, 15) is 0 Å². The Bertz CT molecular complexity index is 374. The Morgan fingerprint density at radius 3 is 2.43 bits per heavy atom. The summed E-state index contributed by atoms with van der Waals surface area (Å²) in [6.07, 6.45) is 8.28. The van der Waals surface area contributed by atoms with E-state index < -0.39 is 0 Å². The highest BCUT2D eigenvalue weighted by atomic mass is 16.5. The zero-order valence-electron chi connectivity index (χ0n) is 15.1. The van der Waals surface area contributed by atoms with E-state index in [1.165, 1.54) is 12.8 Å². The molecule has 23 heavy (non-hydrogen) atoms. The van der Waals surface area contributed by atoms with E-state index in [4.69, 9.17) is 14.2 Å². The molecule has 1 saturated heterocycles. The number of likely N-dealkylation sites (tertiary alicyclic amines) is 1. The van der Waals surface area contributed by atoms with Crippen LogP contribution < -0.4 is 0 Å². The van der Waals surface area contributed by atoms with Crippen molar-refractivity contribution >= 4 is 0 Å². The molecule has 2 aliphatic rings. The van der Waals surface area contributed by atoms with Crippen molar-refractivity contribution in [2.45, 2.75) is 76.8 Å². The van der Waals surface area contributed by atoms with Crippen LogP contribution in [0.15, 0.2) is 0 Å². The van der Waals surface area contributed by atoms with E-state index in [1.54, 1.807) is 7.11 Å². The number of piperidine rings is 1. The first-order valence-corrected chi connectivity index (χ1v) is 9.15. The number of hydrogen-bond donors (Lipinski definition) is 0. The molecule has 1 saturated carbocycles. The summed E-state index contributed by atoms with van der Waals surface area (Å²) < 4.78 is 16.9. The fourth-order valence-corrected chi connectivity index (χ4v) is 3.27. The molecule has 0 spiro atoms. The van der Waals surface area contributed by atoms with Crippen LogP contribution in [0.3, 0.4) is 0 Å². The van der Waals surface area contributed by atoms with E-state index in [2.05, 4.69) is 30.6 Å². The van der Waals surface area contributed by atoms with Gasteiger partial charge in [0.05, 0.1) is 24.4 Å². The summed E-state index contributed by atoms with van der Waals surface area (Å²) in [7, 11) is 1.68. The molecule has 4 heteroatoms. The number of hydrogen-bond acceptors (Lipinski definition) is 4. The fourth-order valence-electron chi connectivity index (χ4n) is 3.27. The van der Waals surface area contributed by atoms with Crippen molar-refractivity contribution in [1.29, 1.82) is 0 Å². The van der Waals surface area contributed by atoms with Crippen LogP contribution in [0, 0.1) is 11.8 Å². The summed E-state index contributed by atoms with van der Waals surface area (Å²) in [4.78, 5) is 2.54. The molecule has 0 bridgehead atoms. The molecular formula is C19H33NO3. The number of methoxy groups -OCH3 is 1. The summed E-state index contributed by atoms with van der Waals surface area (Å²) in [5.41, 5.74) is 0. The molecule has 2 rings (SSSR count). The van der Waals surface area contributed by atoms with Crippen molar-refractivity contribution in [2.75, 3.05) is 33.4 Å². The lowest BCUT2D eigenvalue weighted by Gasteiger charge is -2.40. The normalized spacial score (nSPS) is 25.9. The second kappa shape index (κ2) is 10.3. The maximum absolute atomic E-state index is 6.21. The van der Waals surface area contributed by atoms with Gasteiger partial charge < -0.3 is 19.1 Å². The van der Waals surface area contributed by atoms with E-state index in [-0.39, 0.29) is 0 Å². The Balaban J connectivity index is 1.49. The van der Waals surface area contributed by atoms with Gasteiger partial charge in [0.2, 0.25) is 0 Å². The lowest BCUT2D eigenvalue weighted by atomic mass is 9.91. The fraction of sp³-hybridized carbons (Fsp3) is 0.895.